The Balaban J connectivity index is 2.66. The van der Waals surface area contributed by atoms with Crippen molar-refractivity contribution >= 4 is 40.5 Å². The third kappa shape index (κ3) is 2.64. The number of hydrogen-bond acceptors (Lipinski definition) is 5. The standard InChI is InChI=1S/C13H11Cl2N3O2/c1-20-13(19)12-11(15)9(17)5-10(18-12)7-4-6(14)2-3-8(7)16/h2-5H,16H2,1H3,(H2,17,18). The number of rotatable bonds is 2. The number of hydrogen-bond donors (Lipinski definition) is 2. The van der Waals surface area contributed by atoms with Crippen LogP contribution in [0.4, 0.5) is 11.4 Å². The van der Waals surface area contributed by atoms with Crippen LogP contribution in [-0.2, 0) is 4.74 Å². The Labute approximate surface area is 125 Å². The van der Waals surface area contributed by atoms with Gasteiger partial charge in [-0.3, -0.25) is 0 Å². The van der Waals surface area contributed by atoms with Crippen LogP contribution in [0.25, 0.3) is 11.3 Å². The summed E-state index contributed by atoms with van der Waals surface area (Å²) in [4.78, 5) is 15.8. The van der Waals surface area contributed by atoms with Gasteiger partial charge in [-0.15, -0.1) is 0 Å². The zero-order valence-electron chi connectivity index (χ0n) is 10.5. The summed E-state index contributed by atoms with van der Waals surface area (Å²) in [5.74, 6) is -0.677. The molecule has 0 spiro atoms. The molecule has 0 saturated carbocycles. The van der Waals surface area contributed by atoms with E-state index < -0.39 is 5.97 Å². The summed E-state index contributed by atoms with van der Waals surface area (Å²) in [5, 5.41) is 0.533. The SMILES string of the molecule is COC(=O)c1nc(-c2cc(Cl)ccc2N)cc(N)c1Cl. The van der Waals surface area contributed by atoms with E-state index in [1.165, 1.54) is 13.2 Å². The van der Waals surface area contributed by atoms with E-state index >= 15 is 0 Å². The molecule has 0 saturated heterocycles. The zero-order chi connectivity index (χ0) is 14.9. The highest BCUT2D eigenvalue weighted by molar-refractivity contribution is 6.35. The topological polar surface area (TPSA) is 91.2 Å². The number of pyridine rings is 1. The Morgan fingerprint density at radius 3 is 2.55 bits per heavy atom. The Morgan fingerprint density at radius 1 is 1.20 bits per heavy atom. The molecular weight excluding hydrogens is 301 g/mol. The molecule has 0 bridgehead atoms. The van der Waals surface area contributed by atoms with Gasteiger partial charge in [-0.25, -0.2) is 9.78 Å². The van der Waals surface area contributed by atoms with Gasteiger partial charge in [-0.2, -0.15) is 0 Å². The van der Waals surface area contributed by atoms with Gasteiger partial charge in [0.25, 0.3) is 0 Å². The number of aromatic nitrogens is 1. The van der Waals surface area contributed by atoms with Crippen molar-refractivity contribution in [2.24, 2.45) is 0 Å². The quantitative estimate of drug-likeness (QED) is 0.657. The van der Waals surface area contributed by atoms with Crippen molar-refractivity contribution in [1.82, 2.24) is 4.98 Å². The summed E-state index contributed by atoms with van der Waals surface area (Å²) in [6.45, 7) is 0. The van der Waals surface area contributed by atoms with Gasteiger partial charge in [0.05, 0.1) is 23.5 Å². The third-order valence-corrected chi connectivity index (χ3v) is 3.29. The first-order valence-corrected chi connectivity index (χ1v) is 6.29. The molecule has 0 fully saturated rings. The fraction of sp³-hybridized carbons (Fsp3) is 0.0769. The lowest BCUT2D eigenvalue weighted by Crippen LogP contribution is -2.08. The maximum atomic E-state index is 11.6. The molecule has 2 aromatic rings. The molecule has 4 N–H and O–H groups in total. The van der Waals surface area contributed by atoms with Gasteiger partial charge in [0, 0.05) is 16.3 Å². The number of carbonyl (C=O) groups is 1. The van der Waals surface area contributed by atoms with Crippen molar-refractivity contribution in [3.8, 4) is 11.3 Å². The number of halogens is 2. The molecule has 104 valence electrons. The summed E-state index contributed by atoms with van der Waals surface area (Å²) in [7, 11) is 1.23. The Kier molecular flexibility index (Phi) is 4.01. The molecule has 1 heterocycles. The van der Waals surface area contributed by atoms with Crippen molar-refractivity contribution < 1.29 is 9.53 Å². The Hall–Kier alpha value is -1.98. The fourth-order valence-corrected chi connectivity index (χ4v) is 2.02. The van der Waals surface area contributed by atoms with Crippen LogP contribution < -0.4 is 11.5 Å². The van der Waals surface area contributed by atoms with Gasteiger partial charge < -0.3 is 16.2 Å². The molecule has 20 heavy (non-hydrogen) atoms. The number of nitrogens with zero attached hydrogens (tertiary/aromatic N) is 1. The molecule has 0 amide bonds. The number of anilines is 2. The number of benzene rings is 1. The van der Waals surface area contributed by atoms with E-state index in [-0.39, 0.29) is 16.4 Å². The maximum absolute atomic E-state index is 11.6. The molecule has 7 heteroatoms. The van der Waals surface area contributed by atoms with Crippen LogP contribution in [0.2, 0.25) is 10.0 Å². The minimum Gasteiger partial charge on any atom is -0.464 e. The maximum Gasteiger partial charge on any atom is 0.358 e. The average Bonchev–Trinajstić information content (AvgIpc) is 2.43. The third-order valence-electron chi connectivity index (χ3n) is 2.66. The largest absolute Gasteiger partial charge is 0.464 e. The summed E-state index contributed by atoms with van der Waals surface area (Å²) >= 11 is 11.9. The second kappa shape index (κ2) is 5.56. The molecule has 0 aliphatic carbocycles. The van der Waals surface area contributed by atoms with Crippen LogP contribution in [0.5, 0.6) is 0 Å². The van der Waals surface area contributed by atoms with Gasteiger partial charge in [-0.05, 0) is 24.3 Å². The molecule has 0 aliphatic rings. The van der Waals surface area contributed by atoms with Crippen LogP contribution in [0.1, 0.15) is 10.5 Å². The minimum atomic E-state index is -0.677. The second-order valence-corrected chi connectivity index (χ2v) is 4.80. The first-order valence-electron chi connectivity index (χ1n) is 5.53. The van der Waals surface area contributed by atoms with Gasteiger partial charge in [0.2, 0.25) is 0 Å². The van der Waals surface area contributed by atoms with E-state index in [0.717, 1.165) is 0 Å². The summed E-state index contributed by atoms with van der Waals surface area (Å²) in [5.41, 5.74) is 13.2. The van der Waals surface area contributed by atoms with Crippen molar-refractivity contribution in [3.63, 3.8) is 0 Å². The van der Waals surface area contributed by atoms with E-state index in [4.69, 9.17) is 34.7 Å². The van der Waals surface area contributed by atoms with Crippen molar-refractivity contribution in [3.05, 3.63) is 40.0 Å². The van der Waals surface area contributed by atoms with E-state index in [0.29, 0.717) is 22.0 Å². The summed E-state index contributed by atoms with van der Waals surface area (Å²) in [6, 6.07) is 6.45. The first kappa shape index (κ1) is 14.4. The van der Waals surface area contributed by atoms with Crippen molar-refractivity contribution in [2.75, 3.05) is 18.6 Å². The number of nitrogens with two attached hydrogens (primary N) is 2. The van der Waals surface area contributed by atoms with Crippen LogP contribution in [0.3, 0.4) is 0 Å². The summed E-state index contributed by atoms with van der Waals surface area (Å²) < 4.78 is 4.62. The van der Waals surface area contributed by atoms with E-state index in [9.17, 15) is 4.79 Å². The Bertz CT molecular complexity index is 690. The van der Waals surface area contributed by atoms with Crippen LogP contribution >= 0.6 is 23.2 Å². The van der Waals surface area contributed by atoms with Crippen LogP contribution in [0, 0.1) is 0 Å². The number of ether oxygens (including phenoxy) is 1. The molecule has 0 unspecified atom stereocenters. The lowest BCUT2D eigenvalue weighted by Gasteiger charge is -2.10. The summed E-state index contributed by atoms with van der Waals surface area (Å²) in [6.07, 6.45) is 0. The first-order chi connectivity index (χ1) is 9.43. The smallest absolute Gasteiger partial charge is 0.358 e. The molecule has 5 nitrogen and oxygen atoms in total. The fourth-order valence-electron chi connectivity index (χ4n) is 1.67. The van der Waals surface area contributed by atoms with Crippen molar-refractivity contribution in [2.45, 2.75) is 0 Å². The number of nitrogen functional groups attached to an aromatic ring is 2. The van der Waals surface area contributed by atoms with E-state index in [2.05, 4.69) is 9.72 Å². The zero-order valence-corrected chi connectivity index (χ0v) is 12.0. The van der Waals surface area contributed by atoms with Gasteiger partial charge in [0.15, 0.2) is 5.69 Å². The molecular formula is C13H11Cl2N3O2. The molecule has 0 atom stereocenters. The van der Waals surface area contributed by atoms with Gasteiger partial charge in [-0.1, -0.05) is 23.2 Å². The number of esters is 1. The van der Waals surface area contributed by atoms with E-state index in [1.54, 1.807) is 18.2 Å². The normalized spacial score (nSPS) is 10.3. The van der Waals surface area contributed by atoms with Crippen LogP contribution in [0.15, 0.2) is 24.3 Å². The monoisotopic (exact) mass is 311 g/mol. The molecule has 1 aromatic carbocycles. The molecule has 2 rings (SSSR count). The number of methoxy groups -OCH3 is 1. The molecule has 1 aromatic heterocycles. The Morgan fingerprint density at radius 2 is 1.90 bits per heavy atom. The second-order valence-electron chi connectivity index (χ2n) is 3.98. The van der Waals surface area contributed by atoms with Crippen molar-refractivity contribution in [1.29, 1.82) is 0 Å². The van der Waals surface area contributed by atoms with E-state index in [1.807, 2.05) is 0 Å². The predicted octanol–water partition coefficient (Wildman–Crippen LogP) is 3.01. The van der Waals surface area contributed by atoms with Gasteiger partial charge >= 0.3 is 5.97 Å². The highest BCUT2D eigenvalue weighted by atomic mass is 35.5. The van der Waals surface area contributed by atoms with Gasteiger partial charge in [0.1, 0.15) is 0 Å². The molecule has 0 radical (unpaired) electrons. The average molecular weight is 312 g/mol. The molecule has 0 aliphatic heterocycles. The highest BCUT2D eigenvalue weighted by Gasteiger charge is 2.18. The van der Waals surface area contributed by atoms with Crippen LogP contribution in [-0.4, -0.2) is 18.1 Å². The highest BCUT2D eigenvalue weighted by Crippen LogP contribution is 2.32. The number of carbonyl (C=O) groups excluding carboxylic acids is 1. The minimum absolute atomic E-state index is 0.0428. The predicted molar refractivity (Wildman–Crippen MR) is 79.9 cm³/mol. The lowest BCUT2D eigenvalue weighted by molar-refractivity contribution is 0.0594. The lowest BCUT2D eigenvalue weighted by atomic mass is 10.1.